The number of hydrogen-bond donors (Lipinski definition) is 2. The molecule has 1 rings (SSSR count). The molecule has 1 aromatic heterocycles. The molecule has 1 atom stereocenters. The summed E-state index contributed by atoms with van der Waals surface area (Å²) in [6.45, 7) is 6.43. The van der Waals surface area contributed by atoms with Gasteiger partial charge in [0.2, 0.25) is 11.8 Å². The quantitative estimate of drug-likeness (QED) is 0.784. The number of rotatable bonds is 7. The van der Waals surface area contributed by atoms with Crippen LogP contribution in [0.4, 0.5) is 0 Å². The number of amides is 2. The molecule has 0 bridgehead atoms. The summed E-state index contributed by atoms with van der Waals surface area (Å²) in [6.07, 6.45) is 2.41. The third-order valence-corrected chi connectivity index (χ3v) is 2.59. The highest BCUT2D eigenvalue weighted by molar-refractivity contribution is 5.99. The second kappa shape index (κ2) is 8.14. The summed E-state index contributed by atoms with van der Waals surface area (Å²) < 4.78 is 5.29. The van der Waals surface area contributed by atoms with E-state index < -0.39 is 6.04 Å². The molecule has 0 aliphatic carbocycles. The number of pyridine rings is 1. The van der Waals surface area contributed by atoms with Gasteiger partial charge >= 0.3 is 0 Å². The number of hydrogen-bond acceptors (Lipinski definition) is 4. The Morgan fingerprint density at radius 1 is 1.40 bits per heavy atom. The summed E-state index contributed by atoms with van der Waals surface area (Å²) in [7, 11) is 0. The summed E-state index contributed by atoms with van der Waals surface area (Å²) in [5.74, 6) is -0.309. The van der Waals surface area contributed by atoms with E-state index in [1.165, 1.54) is 0 Å². The van der Waals surface area contributed by atoms with E-state index in [-0.39, 0.29) is 17.7 Å². The molecule has 110 valence electrons. The minimum absolute atomic E-state index is 0.206. The van der Waals surface area contributed by atoms with Gasteiger partial charge in [-0.1, -0.05) is 6.92 Å². The smallest absolute Gasteiger partial charge is 0.257 e. The fourth-order valence-corrected chi connectivity index (χ4v) is 1.56. The van der Waals surface area contributed by atoms with Crippen molar-refractivity contribution in [3.8, 4) is 5.88 Å². The minimum atomic E-state index is -0.608. The third-order valence-electron chi connectivity index (χ3n) is 2.59. The summed E-state index contributed by atoms with van der Waals surface area (Å²) in [5, 5.41) is 5.36. The molecule has 0 aliphatic rings. The molecule has 6 heteroatoms. The lowest BCUT2D eigenvalue weighted by atomic mass is 10.2. The van der Waals surface area contributed by atoms with Crippen molar-refractivity contribution in [3.63, 3.8) is 0 Å². The highest BCUT2D eigenvalue weighted by atomic mass is 16.5. The van der Waals surface area contributed by atoms with Crippen LogP contribution in [-0.2, 0) is 4.79 Å². The lowest BCUT2D eigenvalue weighted by molar-refractivity contribution is -0.122. The predicted octanol–water partition coefficient (Wildman–Crippen LogP) is 1.12. The van der Waals surface area contributed by atoms with Gasteiger partial charge in [-0.25, -0.2) is 4.98 Å². The van der Waals surface area contributed by atoms with Crippen molar-refractivity contribution in [2.24, 2.45) is 0 Å². The van der Waals surface area contributed by atoms with Gasteiger partial charge in [0.25, 0.3) is 5.91 Å². The van der Waals surface area contributed by atoms with Gasteiger partial charge < -0.3 is 15.4 Å². The first-order valence-electron chi connectivity index (χ1n) is 6.76. The van der Waals surface area contributed by atoms with Crippen LogP contribution in [0.2, 0.25) is 0 Å². The lowest BCUT2D eigenvalue weighted by Crippen LogP contribution is -2.45. The van der Waals surface area contributed by atoms with Crippen LogP contribution in [0, 0.1) is 0 Å². The normalized spacial score (nSPS) is 11.6. The molecule has 0 spiro atoms. The summed E-state index contributed by atoms with van der Waals surface area (Å²) in [6, 6.07) is 2.66. The zero-order valence-corrected chi connectivity index (χ0v) is 12.1. The molecule has 0 aliphatic heterocycles. The highest BCUT2D eigenvalue weighted by Gasteiger charge is 2.19. The zero-order chi connectivity index (χ0) is 15.0. The Kier molecular flexibility index (Phi) is 6.49. The largest absolute Gasteiger partial charge is 0.477 e. The van der Waals surface area contributed by atoms with Crippen molar-refractivity contribution in [2.45, 2.75) is 33.2 Å². The molecule has 0 aromatic carbocycles. The maximum atomic E-state index is 12.1. The van der Waals surface area contributed by atoms with Gasteiger partial charge in [0.15, 0.2) is 0 Å². The van der Waals surface area contributed by atoms with Gasteiger partial charge in [0, 0.05) is 12.7 Å². The molecule has 6 nitrogen and oxygen atoms in total. The molecular formula is C14H21N3O3. The highest BCUT2D eigenvalue weighted by Crippen LogP contribution is 2.14. The third kappa shape index (κ3) is 4.53. The van der Waals surface area contributed by atoms with Crippen LogP contribution in [0.1, 0.15) is 37.6 Å². The van der Waals surface area contributed by atoms with Gasteiger partial charge in [0.05, 0.1) is 6.61 Å². The average molecular weight is 279 g/mol. The number of nitrogens with zero attached hydrogens (tertiary/aromatic N) is 1. The molecular weight excluding hydrogens is 258 g/mol. The van der Waals surface area contributed by atoms with Gasteiger partial charge in [-0.3, -0.25) is 9.59 Å². The van der Waals surface area contributed by atoms with Crippen LogP contribution in [0.3, 0.4) is 0 Å². The lowest BCUT2D eigenvalue weighted by Gasteiger charge is -2.15. The molecule has 0 saturated heterocycles. The number of carbonyl (C=O) groups excluding carboxylic acids is 2. The first kappa shape index (κ1) is 15.9. The monoisotopic (exact) mass is 279 g/mol. The first-order chi connectivity index (χ1) is 9.60. The van der Waals surface area contributed by atoms with Crippen LogP contribution in [0.15, 0.2) is 18.3 Å². The molecule has 1 heterocycles. The Bertz CT molecular complexity index is 463. The van der Waals surface area contributed by atoms with Crippen molar-refractivity contribution in [1.82, 2.24) is 15.6 Å². The molecule has 2 amide bonds. The Labute approximate surface area is 118 Å². The fraction of sp³-hybridized carbons (Fsp3) is 0.500. The average Bonchev–Trinajstić information content (AvgIpc) is 2.45. The Hall–Kier alpha value is -2.11. The molecule has 2 N–H and O–H groups in total. The van der Waals surface area contributed by atoms with E-state index >= 15 is 0 Å². The molecule has 20 heavy (non-hydrogen) atoms. The van der Waals surface area contributed by atoms with Gasteiger partial charge in [-0.2, -0.15) is 0 Å². The molecule has 0 radical (unpaired) electrons. The van der Waals surface area contributed by atoms with Crippen LogP contribution in [-0.4, -0.2) is 36.0 Å². The number of ether oxygens (including phenoxy) is 1. The topological polar surface area (TPSA) is 80.3 Å². The second-order valence-corrected chi connectivity index (χ2v) is 4.28. The zero-order valence-electron chi connectivity index (χ0n) is 12.1. The predicted molar refractivity (Wildman–Crippen MR) is 75.6 cm³/mol. The van der Waals surface area contributed by atoms with Crippen LogP contribution < -0.4 is 15.4 Å². The number of nitrogens with one attached hydrogen (secondary N) is 2. The van der Waals surface area contributed by atoms with E-state index in [2.05, 4.69) is 15.6 Å². The Balaban J connectivity index is 2.68. The van der Waals surface area contributed by atoms with E-state index in [0.717, 1.165) is 6.42 Å². The first-order valence-corrected chi connectivity index (χ1v) is 6.76. The van der Waals surface area contributed by atoms with E-state index in [9.17, 15) is 9.59 Å². The minimum Gasteiger partial charge on any atom is -0.477 e. The maximum absolute atomic E-state index is 12.1. The van der Waals surface area contributed by atoms with Crippen molar-refractivity contribution in [2.75, 3.05) is 13.2 Å². The van der Waals surface area contributed by atoms with E-state index in [1.54, 1.807) is 25.3 Å². The molecule has 1 aromatic rings. The summed E-state index contributed by atoms with van der Waals surface area (Å²) in [5.41, 5.74) is 0.324. The molecule has 0 fully saturated rings. The molecule has 0 unspecified atom stereocenters. The van der Waals surface area contributed by atoms with E-state index in [4.69, 9.17) is 4.74 Å². The SMILES string of the molecule is CCCNC(=O)[C@@H](C)NC(=O)c1cccnc1OCC. The maximum Gasteiger partial charge on any atom is 0.257 e. The van der Waals surface area contributed by atoms with Crippen LogP contribution >= 0.6 is 0 Å². The summed E-state index contributed by atoms with van der Waals surface area (Å²) >= 11 is 0. The standard InChI is InChI=1S/C14H21N3O3/c1-4-8-15-12(18)10(3)17-13(19)11-7-6-9-16-14(11)20-5-2/h6-7,9-10H,4-5,8H2,1-3H3,(H,15,18)(H,17,19)/t10-/m1/s1. The van der Waals surface area contributed by atoms with Gasteiger partial charge in [0.1, 0.15) is 11.6 Å². The van der Waals surface area contributed by atoms with Crippen molar-refractivity contribution < 1.29 is 14.3 Å². The van der Waals surface area contributed by atoms with Crippen molar-refractivity contribution in [1.29, 1.82) is 0 Å². The summed E-state index contributed by atoms with van der Waals surface area (Å²) in [4.78, 5) is 27.8. The van der Waals surface area contributed by atoms with Crippen LogP contribution in [0.25, 0.3) is 0 Å². The fourth-order valence-electron chi connectivity index (χ4n) is 1.56. The van der Waals surface area contributed by atoms with Gasteiger partial charge in [-0.05, 0) is 32.4 Å². The van der Waals surface area contributed by atoms with E-state index in [0.29, 0.717) is 18.7 Å². The molecule has 0 saturated carbocycles. The number of aromatic nitrogens is 1. The second-order valence-electron chi connectivity index (χ2n) is 4.28. The van der Waals surface area contributed by atoms with Crippen molar-refractivity contribution >= 4 is 11.8 Å². The van der Waals surface area contributed by atoms with Crippen LogP contribution in [0.5, 0.6) is 5.88 Å². The number of carbonyl (C=O) groups is 2. The Morgan fingerprint density at radius 2 is 2.15 bits per heavy atom. The van der Waals surface area contributed by atoms with Crippen molar-refractivity contribution in [3.05, 3.63) is 23.9 Å². The van der Waals surface area contributed by atoms with E-state index in [1.807, 2.05) is 13.8 Å². The van der Waals surface area contributed by atoms with Gasteiger partial charge in [-0.15, -0.1) is 0 Å². The Morgan fingerprint density at radius 3 is 2.80 bits per heavy atom.